The Balaban J connectivity index is 1.50. The summed E-state index contributed by atoms with van der Waals surface area (Å²) in [4.78, 5) is 33.4. The Bertz CT molecular complexity index is 1030. The van der Waals surface area contributed by atoms with Crippen LogP contribution in [0.4, 0.5) is 5.69 Å². The van der Waals surface area contributed by atoms with Crippen LogP contribution in [0.1, 0.15) is 39.5 Å². The van der Waals surface area contributed by atoms with Crippen LogP contribution in [0, 0.1) is 6.92 Å². The number of nitrogens with one attached hydrogen (secondary N) is 2. The fraction of sp³-hybridized carbons (Fsp3) is 0.316. The van der Waals surface area contributed by atoms with Crippen LogP contribution in [0.2, 0.25) is 0 Å². The Hall–Kier alpha value is -3.33. The first-order valence-electron chi connectivity index (χ1n) is 9.10. The van der Waals surface area contributed by atoms with Gasteiger partial charge in [-0.25, -0.2) is 9.50 Å². The number of nitrogens with zero attached hydrogens (tertiary/aromatic N) is 4. The predicted molar refractivity (Wildman–Crippen MR) is 101 cm³/mol. The van der Waals surface area contributed by atoms with Crippen LogP contribution in [-0.2, 0) is 4.74 Å². The van der Waals surface area contributed by atoms with Gasteiger partial charge in [0, 0.05) is 25.0 Å². The maximum absolute atomic E-state index is 12.6. The van der Waals surface area contributed by atoms with Gasteiger partial charge in [0.1, 0.15) is 0 Å². The first-order chi connectivity index (χ1) is 13.6. The second-order valence-electron chi connectivity index (χ2n) is 6.58. The van der Waals surface area contributed by atoms with Gasteiger partial charge in [-0.1, -0.05) is 12.1 Å². The van der Waals surface area contributed by atoms with Crippen molar-refractivity contribution in [2.75, 3.05) is 18.5 Å². The molecule has 9 heteroatoms. The summed E-state index contributed by atoms with van der Waals surface area (Å²) in [7, 11) is 0. The zero-order valence-corrected chi connectivity index (χ0v) is 15.4. The molecule has 0 saturated carbocycles. The minimum atomic E-state index is -0.510. The number of fused-ring (bicyclic) bond motifs is 1. The molecule has 1 aliphatic rings. The summed E-state index contributed by atoms with van der Waals surface area (Å²) in [5.74, 6) is -0.458. The van der Waals surface area contributed by atoms with E-state index < -0.39 is 5.91 Å². The molecule has 0 unspecified atom stereocenters. The summed E-state index contributed by atoms with van der Waals surface area (Å²) in [6.45, 7) is 3.02. The lowest BCUT2D eigenvalue weighted by Crippen LogP contribution is -2.32. The van der Waals surface area contributed by atoms with Crippen LogP contribution in [0.25, 0.3) is 5.78 Å². The average molecular weight is 380 g/mol. The van der Waals surface area contributed by atoms with Gasteiger partial charge in [0.25, 0.3) is 17.6 Å². The Labute approximate surface area is 161 Å². The number of anilines is 1. The van der Waals surface area contributed by atoms with E-state index in [9.17, 15) is 9.59 Å². The molecular formula is C19H20N6O3. The molecule has 4 rings (SSSR count). The van der Waals surface area contributed by atoms with Crippen LogP contribution in [-0.4, -0.2) is 50.7 Å². The Morgan fingerprint density at radius 2 is 2.11 bits per heavy atom. The van der Waals surface area contributed by atoms with Crippen LogP contribution in [0.3, 0.4) is 0 Å². The highest BCUT2D eigenvalue weighted by atomic mass is 16.5. The van der Waals surface area contributed by atoms with E-state index >= 15 is 0 Å². The van der Waals surface area contributed by atoms with Crippen LogP contribution >= 0.6 is 0 Å². The standard InChI is InChI=1S/C19H20N6O3/c1-12-8-9-20-19-23-16(24-25(12)19)18(27)22-15-7-3-2-6-14(15)17(26)21-11-13-5-4-10-28-13/h2-3,6-9,13H,4-5,10-11H2,1H3,(H,21,26)(H,22,27)/t13-/m1/s1. The maximum Gasteiger partial charge on any atom is 0.295 e. The van der Waals surface area contributed by atoms with E-state index in [1.807, 2.05) is 6.92 Å². The highest BCUT2D eigenvalue weighted by Gasteiger charge is 2.20. The lowest BCUT2D eigenvalue weighted by molar-refractivity contribution is 0.0858. The van der Waals surface area contributed by atoms with Crippen molar-refractivity contribution in [3.8, 4) is 0 Å². The summed E-state index contributed by atoms with van der Waals surface area (Å²) in [5.41, 5.74) is 1.57. The van der Waals surface area contributed by atoms with E-state index in [-0.39, 0.29) is 17.8 Å². The van der Waals surface area contributed by atoms with Crippen LogP contribution in [0.15, 0.2) is 36.5 Å². The molecule has 2 amide bonds. The van der Waals surface area contributed by atoms with Gasteiger partial charge in [0.05, 0.1) is 17.4 Å². The van der Waals surface area contributed by atoms with Gasteiger partial charge in [-0.3, -0.25) is 9.59 Å². The molecule has 2 aromatic heterocycles. The van der Waals surface area contributed by atoms with Crippen molar-refractivity contribution >= 4 is 23.3 Å². The molecule has 1 fully saturated rings. The lowest BCUT2D eigenvalue weighted by Gasteiger charge is -2.13. The largest absolute Gasteiger partial charge is 0.376 e. The fourth-order valence-corrected chi connectivity index (χ4v) is 3.08. The second kappa shape index (κ2) is 7.73. The Kier molecular flexibility index (Phi) is 4.98. The molecule has 144 valence electrons. The van der Waals surface area contributed by atoms with Crippen molar-refractivity contribution in [3.63, 3.8) is 0 Å². The SMILES string of the molecule is Cc1ccnc2nc(C(=O)Nc3ccccc3C(=O)NC[C@H]3CCCO3)nn12. The third-order valence-corrected chi connectivity index (χ3v) is 4.57. The minimum absolute atomic E-state index is 0.0173. The van der Waals surface area contributed by atoms with Crippen LogP contribution in [0.5, 0.6) is 0 Å². The van der Waals surface area contributed by atoms with E-state index in [1.165, 1.54) is 4.52 Å². The van der Waals surface area contributed by atoms with Gasteiger partial charge < -0.3 is 15.4 Å². The topological polar surface area (TPSA) is 111 Å². The molecule has 1 aromatic carbocycles. The number of hydrogen-bond acceptors (Lipinski definition) is 6. The van der Waals surface area contributed by atoms with E-state index in [4.69, 9.17) is 4.74 Å². The molecule has 3 aromatic rings. The number of hydrogen-bond donors (Lipinski definition) is 2. The van der Waals surface area contributed by atoms with Gasteiger partial charge in [-0.15, -0.1) is 5.10 Å². The van der Waals surface area contributed by atoms with E-state index in [2.05, 4.69) is 25.7 Å². The van der Waals surface area contributed by atoms with Crippen molar-refractivity contribution in [2.45, 2.75) is 25.9 Å². The molecule has 1 saturated heterocycles. The third kappa shape index (κ3) is 3.70. The number of aryl methyl sites for hydroxylation is 1. The Morgan fingerprint density at radius 1 is 1.25 bits per heavy atom. The van der Waals surface area contributed by atoms with E-state index in [0.29, 0.717) is 23.6 Å². The molecule has 28 heavy (non-hydrogen) atoms. The second-order valence-corrected chi connectivity index (χ2v) is 6.58. The summed E-state index contributed by atoms with van der Waals surface area (Å²) in [6.07, 6.45) is 3.59. The minimum Gasteiger partial charge on any atom is -0.376 e. The van der Waals surface area contributed by atoms with Crippen molar-refractivity contribution < 1.29 is 14.3 Å². The summed E-state index contributed by atoms with van der Waals surface area (Å²) in [5, 5.41) is 9.77. The summed E-state index contributed by atoms with van der Waals surface area (Å²) >= 11 is 0. The zero-order valence-electron chi connectivity index (χ0n) is 15.4. The molecule has 0 bridgehead atoms. The lowest BCUT2D eigenvalue weighted by atomic mass is 10.1. The quantitative estimate of drug-likeness (QED) is 0.696. The number of para-hydroxylation sites is 1. The van der Waals surface area contributed by atoms with E-state index in [0.717, 1.165) is 25.1 Å². The number of benzene rings is 1. The van der Waals surface area contributed by atoms with Gasteiger partial charge in [-0.05, 0) is 38.0 Å². The molecule has 0 radical (unpaired) electrons. The zero-order chi connectivity index (χ0) is 19.5. The van der Waals surface area contributed by atoms with Crippen LogP contribution < -0.4 is 10.6 Å². The molecule has 2 N–H and O–H groups in total. The maximum atomic E-state index is 12.6. The first kappa shape index (κ1) is 18.1. The highest BCUT2D eigenvalue weighted by Crippen LogP contribution is 2.17. The molecule has 9 nitrogen and oxygen atoms in total. The first-order valence-corrected chi connectivity index (χ1v) is 9.10. The molecule has 3 heterocycles. The average Bonchev–Trinajstić information content (AvgIpc) is 3.37. The fourth-order valence-electron chi connectivity index (χ4n) is 3.08. The van der Waals surface area contributed by atoms with Gasteiger partial charge in [-0.2, -0.15) is 4.98 Å². The number of carbonyl (C=O) groups is 2. The smallest absolute Gasteiger partial charge is 0.295 e. The molecule has 0 aliphatic carbocycles. The third-order valence-electron chi connectivity index (χ3n) is 4.57. The van der Waals surface area contributed by atoms with Crippen molar-refractivity contribution in [1.82, 2.24) is 24.9 Å². The molecule has 0 spiro atoms. The highest BCUT2D eigenvalue weighted by molar-refractivity contribution is 6.07. The van der Waals surface area contributed by atoms with Gasteiger partial charge in [0.15, 0.2) is 0 Å². The number of rotatable bonds is 5. The normalized spacial score (nSPS) is 16.2. The summed E-state index contributed by atoms with van der Waals surface area (Å²) < 4.78 is 7.02. The number of aromatic nitrogens is 4. The predicted octanol–water partition coefficient (Wildman–Crippen LogP) is 1.59. The van der Waals surface area contributed by atoms with Gasteiger partial charge >= 0.3 is 0 Å². The number of amides is 2. The van der Waals surface area contributed by atoms with Crippen molar-refractivity contribution in [3.05, 3.63) is 53.6 Å². The Morgan fingerprint density at radius 3 is 2.89 bits per heavy atom. The monoisotopic (exact) mass is 380 g/mol. The molecular weight excluding hydrogens is 360 g/mol. The summed E-state index contributed by atoms with van der Waals surface area (Å²) in [6, 6.07) is 8.58. The van der Waals surface area contributed by atoms with Gasteiger partial charge in [0.2, 0.25) is 5.82 Å². The van der Waals surface area contributed by atoms with E-state index in [1.54, 1.807) is 36.5 Å². The molecule has 1 aliphatic heterocycles. The van der Waals surface area contributed by atoms with Crippen molar-refractivity contribution in [2.24, 2.45) is 0 Å². The number of carbonyl (C=O) groups excluding carboxylic acids is 2. The molecule has 1 atom stereocenters. The van der Waals surface area contributed by atoms with Crippen molar-refractivity contribution in [1.29, 1.82) is 0 Å². The number of ether oxygens (including phenoxy) is 1.